The fraction of sp³-hybridized carbons (Fsp3) is 0.105. The van der Waals surface area contributed by atoms with Gasteiger partial charge >= 0.3 is 0 Å². The second kappa shape index (κ2) is 5.56. The molecule has 0 saturated heterocycles. The Kier molecular flexibility index (Phi) is 3.39. The Morgan fingerprint density at radius 2 is 1.87 bits per heavy atom. The number of hydrogen-bond acceptors (Lipinski definition) is 4. The Morgan fingerprint density at radius 3 is 2.70 bits per heavy atom. The summed E-state index contributed by atoms with van der Waals surface area (Å²) in [5.74, 6) is 0.0226. The molecular formula is C19H14N2OS. The Labute approximate surface area is 138 Å². The summed E-state index contributed by atoms with van der Waals surface area (Å²) < 4.78 is 0. The number of Topliss-reactive ketones (excluding diaryl/α,β-unsaturated/α-hetero) is 1. The molecule has 0 unspecified atom stereocenters. The number of nitrogens with zero attached hydrogens (tertiary/aromatic N) is 2. The first-order valence-corrected chi connectivity index (χ1v) is 8.28. The summed E-state index contributed by atoms with van der Waals surface area (Å²) in [6.45, 7) is 3.82. The SMILES string of the molecule is C=C1CCc2nc(-c3ncc(-c4ccccc4)s3)ccc2C1=O. The quantitative estimate of drug-likeness (QED) is 0.651. The van der Waals surface area contributed by atoms with Gasteiger partial charge in [0.15, 0.2) is 5.78 Å². The van der Waals surface area contributed by atoms with Crippen LogP contribution in [0.25, 0.3) is 21.1 Å². The molecule has 1 aromatic carbocycles. The molecular weight excluding hydrogens is 304 g/mol. The van der Waals surface area contributed by atoms with E-state index in [0.717, 1.165) is 33.3 Å². The van der Waals surface area contributed by atoms with Crippen LogP contribution >= 0.6 is 11.3 Å². The maximum Gasteiger partial charge on any atom is 0.190 e. The lowest BCUT2D eigenvalue weighted by Gasteiger charge is -2.15. The number of pyridine rings is 1. The normalized spacial score (nSPS) is 13.9. The summed E-state index contributed by atoms with van der Waals surface area (Å²) >= 11 is 1.61. The van der Waals surface area contributed by atoms with E-state index in [9.17, 15) is 4.79 Å². The lowest BCUT2D eigenvalue weighted by atomic mass is 9.91. The van der Waals surface area contributed by atoms with Crippen LogP contribution in [-0.2, 0) is 6.42 Å². The van der Waals surface area contributed by atoms with Gasteiger partial charge in [0.05, 0.1) is 16.3 Å². The molecule has 4 rings (SSSR count). The van der Waals surface area contributed by atoms with Crippen LogP contribution in [0.3, 0.4) is 0 Å². The summed E-state index contributed by atoms with van der Waals surface area (Å²) in [4.78, 5) is 22.4. The summed E-state index contributed by atoms with van der Waals surface area (Å²) in [6.07, 6.45) is 3.34. The fourth-order valence-corrected chi connectivity index (χ4v) is 3.61. The monoisotopic (exact) mass is 318 g/mol. The number of rotatable bonds is 2. The molecule has 0 fully saturated rings. The van der Waals surface area contributed by atoms with Gasteiger partial charge in [-0.15, -0.1) is 11.3 Å². The van der Waals surface area contributed by atoms with Crippen LogP contribution in [0.4, 0.5) is 0 Å². The van der Waals surface area contributed by atoms with Gasteiger partial charge in [-0.1, -0.05) is 36.9 Å². The lowest BCUT2D eigenvalue weighted by Crippen LogP contribution is -2.15. The van der Waals surface area contributed by atoms with Crippen molar-refractivity contribution in [1.29, 1.82) is 0 Å². The molecule has 1 aliphatic carbocycles. The van der Waals surface area contributed by atoms with E-state index in [2.05, 4.69) is 28.7 Å². The number of aryl methyl sites for hydroxylation is 1. The molecule has 0 aliphatic heterocycles. The number of allylic oxidation sites excluding steroid dienone is 1. The molecule has 0 amide bonds. The molecule has 1 aliphatic rings. The summed E-state index contributed by atoms with van der Waals surface area (Å²) in [5.41, 5.74) is 4.20. The van der Waals surface area contributed by atoms with Gasteiger partial charge < -0.3 is 0 Å². The molecule has 3 aromatic rings. The second-order valence-corrected chi connectivity index (χ2v) is 6.55. The minimum absolute atomic E-state index is 0.0226. The molecule has 0 N–H and O–H groups in total. The summed E-state index contributed by atoms with van der Waals surface area (Å²) in [6, 6.07) is 13.9. The number of ketones is 1. The molecule has 112 valence electrons. The second-order valence-electron chi connectivity index (χ2n) is 5.52. The molecule has 4 heteroatoms. The fourth-order valence-electron chi connectivity index (χ4n) is 2.72. The smallest absolute Gasteiger partial charge is 0.190 e. The van der Waals surface area contributed by atoms with Crippen molar-refractivity contribution >= 4 is 17.1 Å². The highest BCUT2D eigenvalue weighted by Crippen LogP contribution is 2.32. The molecule has 2 aromatic heterocycles. The van der Waals surface area contributed by atoms with Gasteiger partial charge in [-0.3, -0.25) is 4.79 Å². The maximum absolute atomic E-state index is 12.1. The summed E-state index contributed by atoms with van der Waals surface area (Å²) in [7, 11) is 0. The van der Waals surface area contributed by atoms with Crippen molar-refractivity contribution in [2.45, 2.75) is 12.8 Å². The molecule has 0 spiro atoms. The highest BCUT2D eigenvalue weighted by molar-refractivity contribution is 7.18. The first kappa shape index (κ1) is 14.0. The van der Waals surface area contributed by atoms with E-state index in [1.54, 1.807) is 11.3 Å². The number of carbonyl (C=O) groups is 1. The average Bonchev–Trinajstić information content (AvgIpc) is 3.09. The minimum atomic E-state index is 0.0226. The molecule has 3 nitrogen and oxygen atoms in total. The third kappa shape index (κ3) is 2.51. The number of carbonyl (C=O) groups excluding carboxylic acids is 1. The number of thiazole rings is 1. The van der Waals surface area contributed by atoms with Crippen LogP contribution < -0.4 is 0 Å². The zero-order valence-corrected chi connectivity index (χ0v) is 13.3. The van der Waals surface area contributed by atoms with Gasteiger partial charge in [0.25, 0.3) is 0 Å². The maximum atomic E-state index is 12.1. The van der Waals surface area contributed by atoms with E-state index < -0.39 is 0 Å². The van der Waals surface area contributed by atoms with E-state index in [4.69, 9.17) is 0 Å². The Bertz CT molecular complexity index is 912. The van der Waals surface area contributed by atoms with Crippen molar-refractivity contribution in [3.8, 4) is 21.1 Å². The molecule has 0 bridgehead atoms. The minimum Gasteiger partial charge on any atom is -0.289 e. The summed E-state index contributed by atoms with van der Waals surface area (Å²) in [5, 5.41) is 0.878. The largest absolute Gasteiger partial charge is 0.289 e. The highest BCUT2D eigenvalue weighted by atomic mass is 32.1. The van der Waals surface area contributed by atoms with Gasteiger partial charge in [0.1, 0.15) is 5.01 Å². The van der Waals surface area contributed by atoms with Crippen LogP contribution in [0.1, 0.15) is 22.5 Å². The van der Waals surface area contributed by atoms with Gasteiger partial charge in [-0.25, -0.2) is 9.97 Å². The number of aromatic nitrogens is 2. The van der Waals surface area contributed by atoms with Crippen molar-refractivity contribution in [3.05, 3.63) is 72.1 Å². The van der Waals surface area contributed by atoms with Crippen molar-refractivity contribution < 1.29 is 4.79 Å². The average molecular weight is 318 g/mol. The molecule has 0 radical (unpaired) electrons. The van der Waals surface area contributed by atoms with E-state index in [0.29, 0.717) is 17.6 Å². The van der Waals surface area contributed by atoms with Crippen molar-refractivity contribution in [1.82, 2.24) is 9.97 Å². The predicted molar refractivity (Wildman–Crippen MR) is 92.6 cm³/mol. The van der Waals surface area contributed by atoms with E-state index in [1.807, 2.05) is 36.5 Å². The van der Waals surface area contributed by atoms with Crippen molar-refractivity contribution in [2.24, 2.45) is 0 Å². The number of hydrogen-bond donors (Lipinski definition) is 0. The molecule has 0 atom stereocenters. The van der Waals surface area contributed by atoms with Crippen molar-refractivity contribution in [3.63, 3.8) is 0 Å². The van der Waals surface area contributed by atoms with E-state index >= 15 is 0 Å². The Balaban J connectivity index is 1.71. The lowest BCUT2D eigenvalue weighted by molar-refractivity contribution is 0.102. The predicted octanol–water partition coefficient (Wildman–Crippen LogP) is 4.56. The zero-order valence-electron chi connectivity index (χ0n) is 12.5. The Hall–Kier alpha value is -2.59. The first-order valence-electron chi connectivity index (χ1n) is 7.46. The van der Waals surface area contributed by atoms with Crippen LogP contribution in [0.5, 0.6) is 0 Å². The van der Waals surface area contributed by atoms with E-state index in [1.165, 1.54) is 0 Å². The number of fused-ring (bicyclic) bond motifs is 1. The van der Waals surface area contributed by atoms with Crippen molar-refractivity contribution in [2.75, 3.05) is 0 Å². The van der Waals surface area contributed by atoms with Gasteiger partial charge in [-0.05, 0) is 36.1 Å². The molecule has 23 heavy (non-hydrogen) atoms. The third-order valence-corrected chi connectivity index (χ3v) is 5.06. The van der Waals surface area contributed by atoms with Gasteiger partial charge in [0.2, 0.25) is 0 Å². The van der Waals surface area contributed by atoms with Crippen LogP contribution in [0.15, 0.2) is 60.8 Å². The molecule has 2 heterocycles. The first-order chi connectivity index (χ1) is 11.2. The van der Waals surface area contributed by atoms with Crippen LogP contribution in [-0.4, -0.2) is 15.8 Å². The topological polar surface area (TPSA) is 42.9 Å². The standard InChI is InChI=1S/C19H14N2OS/c1-12-7-9-15-14(18(12)22)8-10-16(21-15)19-20-11-17(23-19)13-5-3-2-4-6-13/h2-6,8,10-11H,1,7,9H2. The van der Waals surface area contributed by atoms with E-state index in [-0.39, 0.29) is 5.78 Å². The molecule has 0 saturated carbocycles. The van der Waals surface area contributed by atoms with Gasteiger partial charge in [0, 0.05) is 11.8 Å². The Morgan fingerprint density at radius 1 is 1.04 bits per heavy atom. The number of benzene rings is 1. The zero-order chi connectivity index (χ0) is 15.8. The van der Waals surface area contributed by atoms with Crippen LogP contribution in [0.2, 0.25) is 0 Å². The van der Waals surface area contributed by atoms with Gasteiger partial charge in [-0.2, -0.15) is 0 Å². The third-order valence-electron chi connectivity index (χ3n) is 3.99. The highest BCUT2D eigenvalue weighted by Gasteiger charge is 2.22. The van der Waals surface area contributed by atoms with Crippen LogP contribution in [0, 0.1) is 0 Å².